The smallest absolute Gasteiger partial charge is 0.410 e. The van der Waals surface area contributed by atoms with Crippen LogP contribution in [0.3, 0.4) is 0 Å². The summed E-state index contributed by atoms with van der Waals surface area (Å²) < 4.78 is 29.4. The first-order chi connectivity index (χ1) is 27.2. The number of nitrogens with one attached hydrogen (secondary N) is 1. The number of amides is 1. The predicted molar refractivity (Wildman–Crippen MR) is 230 cm³/mol. The number of halogens is 1. The molecule has 2 aromatic carbocycles. The number of ether oxygens (including phenoxy) is 2. The molecule has 2 unspecified atom stereocenters. The predicted octanol–water partition coefficient (Wildman–Crippen LogP) is 8.43. The van der Waals surface area contributed by atoms with Crippen LogP contribution in [0.15, 0.2) is 42.6 Å². The van der Waals surface area contributed by atoms with E-state index in [1.165, 1.54) is 0 Å². The number of piperazine rings is 2. The Morgan fingerprint density at radius 3 is 2.25 bits per heavy atom. The monoisotopic (exact) mass is 793 g/mol. The van der Waals surface area contributed by atoms with E-state index in [4.69, 9.17) is 24.4 Å². The number of carbonyl (C=O) groups excluding carboxylic acids is 1. The average Bonchev–Trinajstić information content (AvgIpc) is 3.43. The van der Waals surface area contributed by atoms with Crippen LogP contribution < -0.4 is 15.0 Å². The summed E-state index contributed by atoms with van der Waals surface area (Å²) in [7, 11) is -2.04. The van der Waals surface area contributed by atoms with Crippen LogP contribution in [-0.2, 0) is 4.74 Å². The Balaban J connectivity index is 1.31. The van der Waals surface area contributed by atoms with Gasteiger partial charge in [0.1, 0.15) is 37.3 Å². The van der Waals surface area contributed by atoms with E-state index in [2.05, 4.69) is 80.3 Å². The topological polar surface area (TPSA) is 96.0 Å². The van der Waals surface area contributed by atoms with Crippen LogP contribution in [-0.4, -0.2) is 109 Å². The van der Waals surface area contributed by atoms with E-state index < -0.39 is 19.5 Å². The highest BCUT2D eigenvalue weighted by Crippen LogP contribution is 2.42. The van der Waals surface area contributed by atoms with E-state index in [0.717, 1.165) is 61.9 Å². The first kappa shape index (κ1) is 40.9. The van der Waals surface area contributed by atoms with Gasteiger partial charge in [0.15, 0.2) is 5.82 Å². The lowest BCUT2D eigenvalue weighted by atomic mass is 9.96. The Morgan fingerprint density at radius 1 is 0.965 bits per heavy atom. The molecule has 10 nitrogen and oxygen atoms in total. The third-order valence-electron chi connectivity index (χ3n) is 12.3. The molecule has 1 amide bonds. The van der Waals surface area contributed by atoms with Gasteiger partial charge in [-0.3, -0.25) is 14.8 Å². The van der Waals surface area contributed by atoms with Gasteiger partial charge in [0.2, 0.25) is 0 Å². The molecule has 3 fully saturated rings. The van der Waals surface area contributed by atoms with E-state index in [9.17, 15) is 4.79 Å². The van der Waals surface area contributed by atoms with Crippen LogP contribution in [0.25, 0.3) is 32.9 Å². The molecule has 304 valence electrons. The van der Waals surface area contributed by atoms with Crippen molar-refractivity contribution in [3.63, 3.8) is 0 Å². The number of fused-ring (bicyclic) bond motifs is 4. The normalized spacial score (nSPS) is 19.2. The Kier molecular flexibility index (Phi) is 11.8. The van der Waals surface area contributed by atoms with Crippen LogP contribution in [0, 0.1) is 17.3 Å². The molecule has 5 heterocycles. The van der Waals surface area contributed by atoms with Gasteiger partial charge in [0.05, 0.1) is 17.5 Å². The van der Waals surface area contributed by atoms with E-state index in [1.807, 2.05) is 49.9 Å². The highest BCUT2D eigenvalue weighted by molar-refractivity contribution is 6.90. The summed E-state index contributed by atoms with van der Waals surface area (Å²) >= 11 is 0. The highest BCUT2D eigenvalue weighted by atomic mass is 28.3. The van der Waals surface area contributed by atoms with Gasteiger partial charge >= 0.3 is 12.1 Å². The molecule has 7 rings (SSSR count). The number of hydrogen-bond acceptors (Lipinski definition) is 9. The molecule has 2 atom stereocenters. The van der Waals surface area contributed by atoms with Crippen LogP contribution in [0.5, 0.6) is 6.01 Å². The molecule has 0 spiro atoms. The lowest BCUT2D eigenvalue weighted by Gasteiger charge is -2.42. The Labute approximate surface area is 338 Å². The highest BCUT2D eigenvalue weighted by Gasteiger charge is 2.45. The maximum absolute atomic E-state index is 17.4. The van der Waals surface area contributed by atoms with Gasteiger partial charge in [-0.25, -0.2) is 9.18 Å². The molecule has 1 N–H and O–H groups in total. The van der Waals surface area contributed by atoms with E-state index in [1.54, 1.807) is 6.20 Å². The SMILES string of the molecule is CC(C)[Si](C#Cc1cccc2cccc(-c3ncc4c(N5CC6CCC(C5)N6C(=O)OC(C)(C)C)nc(OCCN5CCNCC5)nc4c3F)c12)(C(C)C)C(C)C. The fourth-order valence-corrected chi connectivity index (χ4v) is 14.9. The van der Waals surface area contributed by atoms with Crippen molar-refractivity contribution in [1.82, 2.24) is 30.1 Å². The number of anilines is 1. The summed E-state index contributed by atoms with van der Waals surface area (Å²) in [6.07, 6.45) is 3.13. The van der Waals surface area contributed by atoms with Crippen molar-refractivity contribution in [2.45, 2.75) is 109 Å². The molecule has 12 heteroatoms. The second-order valence-corrected chi connectivity index (χ2v) is 23.6. The first-order valence-electron chi connectivity index (χ1n) is 20.9. The Morgan fingerprint density at radius 2 is 1.61 bits per heavy atom. The van der Waals surface area contributed by atoms with E-state index in [0.29, 0.717) is 53.1 Å². The number of pyridine rings is 1. The van der Waals surface area contributed by atoms with Gasteiger partial charge in [-0.15, -0.1) is 5.54 Å². The van der Waals surface area contributed by atoms with Gasteiger partial charge in [-0.2, -0.15) is 9.97 Å². The largest absolute Gasteiger partial charge is 0.462 e. The fraction of sp³-hybridized carbons (Fsp3) is 0.556. The Bertz CT molecular complexity index is 2130. The first-order valence-corrected chi connectivity index (χ1v) is 23.1. The van der Waals surface area contributed by atoms with Gasteiger partial charge < -0.3 is 19.7 Å². The lowest BCUT2D eigenvalue weighted by molar-refractivity contribution is 0.0122. The van der Waals surface area contributed by atoms with Crippen molar-refractivity contribution < 1.29 is 18.7 Å². The summed E-state index contributed by atoms with van der Waals surface area (Å²) in [5.41, 5.74) is 6.67. The maximum Gasteiger partial charge on any atom is 0.410 e. The molecule has 2 bridgehead atoms. The molecule has 3 aliphatic rings. The van der Waals surface area contributed by atoms with Crippen LogP contribution in [0.4, 0.5) is 15.0 Å². The summed E-state index contributed by atoms with van der Waals surface area (Å²) in [4.78, 5) is 34.2. The molecule has 57 heavy (non-hydrogen) atoms. The van der Waals surface area contributed by atoms with Gasteiger partial charge in [0, 0.05) is 68.5 Å². The maximum atomic E-state index is 17.4. The molecule has 2 aromatic heterocycles. The second kappa shape index (κ2) is 16.5. The molecule has 3 aliphatic heterocycles. The van der Waals surface area contributed by atoms with Crippen molar-refractivity contribution in [1.29, 1.82) is 0 Å². The quantitative estimate of drug-likeness (QED) is 0.132. The van der Waals surface area contributed by atoms with Crippen molar-refractivity contribution in [3.8, 4) is 28.7 Å². The van der Waals surface area contributed by atoms with Crippen LogP contribution in [0.2, 0.25) is 16.6 Å². The molecule has 0 aliphatic carbocycles. The van der Waals surface area contributed by atoms with Gasteiger partial charge in [-0.1, -0.05) is 77.8 Å². The summed E-state index contributed by atoms with van der Waals surface area (Å²) in [6, 6.07) is 12.1. The van der Waals surface area contributed by atoms with Crippen molar-refractivity contribution in [2.75, 3.05) is 57.3 Å². The second-order valence-electron chi connectivity index (χ2n) is 18.0. The zero-order valence-electron chi connectivity index (χ0n) is 35.3. The van der Waals surface area contributed by atoms with Crippen LogP contribution in [0.1, 0.15) is 80.7 Å². The molecule has 4 aromatic rings. The van der Waals surface area contributed by atoms with Crippen molar-refractivity contribution in [2.24, 2.45) is 0 Å². The fourth-order valence-electron chi connectivity index (χ4n) is 9.66. The molecular weight excluding hydrogens is 734 g/mol. The summed E-state index contributed by atoms with van der Waals surface area (Å²) in [5.74, 6) is 3.70. The van der Waals surface area contributed by atoms with Crippen molar-refractivity contribution >= 4 is 41.7 Å². The Hall–Kier alpha value is -4.31. The number of aromatic nitrogens is 3. The van der Waals surface area contributed by atoms with E-state index in [-0.39, 0.29) is 35.4 Å². The van der Waals surface area contributed by atoms with Crippen LogP contribution >= 0.6 is 0 Å². The lowest BCUT2D eigenvalue weighted by Crippen LogP contribution is -2.57. The standard InChI is InChI=1S/C45H60FN7O3Si/c1-29(2)57(30(3)4,31(5)6)25-18-33-13-10-12-32-14-11-15-36(38(32)33)40-39(46)41-37(26-48-40)42(50-43(49-41)55-24-23-51-21-19-47-20-22-51)52-27-34-16-17-35(28-52)53(34)44(54)56-45(7,8)9/h10-15,26,29-31,34-35,47H,16-17,19-24,27-28H2,1-9H3. The molecule has 3 saturated heterocycles. The average molecular weight is 794 g/mol. The van der Waals surface area contributed by atoms with Gasteiger partial charge in [-0.05, 0) is 61.7 Å². The van der Waals surface area contributed by atoms with Gasteiger partial charge in [0.25, 0.3) is 0 Å². The number of hydrogen-bond donors (Lipinski definition) is 1. The number of carbonyl (C=O) groups is 1. The minimum absolute atomic E-state index is 0.0585. The third-order valence-corrected chi connectivity index (χ3v) is 18.6. The molecular formula is C45H60FN7O3Si. The molecule has 0 radical (unpaired) electrons. The van der Waals surface area contributed by atoms with E-state index >= 15 is 4.39 Å². The number of benzene rings is 2. The number of nitrogens with zero attached hydrogens (tertiary/aromatic N) is 6. The zero-order chi connectivity index (χ0) is 40.6. The van der Waals surface area contributed by atoms with Crippen molar-refractivity contribution in [3.05, 3.63) is 54.0 Å². The summed E-state index contributed by atoms with van der Waals surface area (Å²) in [6.45, 7) is 25.5. The minimum atomic E-state index is -2.04. The summed E-state index contributed by atoms with van der Waals surface area (Å²) in [5, 5.41) is 5.76. The third kappa shape index (κ3) is 8.21. The minimum Gasteiger partial charge on any atom is -0.462 e. The zero-order valence-corrected chi connectivity index (χ0v) is 36.3. The number of rotatable bonds is 9. The molecule has 0 saturated carbocycles.